The van der Waals surface area contributed by atoms with Crippen molar-refractivity contribution in [2.24, 2.45) is 0 Å². The SMILES string of the molecule is Cc1cccc(NC(=O)CSc2nnc(NC(=O)c3ccc(-c4ccccc4)cc3)s2)c1C. The van der Waals surface area contributed by atoms with Crippen molar-refractivity contribution in [3.63, 3.8) is 0 Å². The van der Waals surface area contributed by atoms with E-state index < -0.39 is 0 Å². The molecule has 0 aliphatic carbocycles. The fourth-order valence-corrected chi connectivity index (χ4v) is 4.68. The van der Waals surface area contributed by atoms with Crippen LogP contribution >= 0.6 is 23.1 Å². The lowest BCUT2D eigenvalue weighted by Crippen LogP contribution is -2.15. The lowest BCUT2D eigenvalue weighted by atomic mass is 10.0. The monoisotopic (exact) mass is 474 g/mol. The number of carbonyl (C=O) groups is 2. The summed E-state index contributed by atoms with van der Waals surface area (Å²) in [7, 11) is 0. The zero-order chi connectivity index (χ0) is 23.2. The number of benzene rings is 3. The molecule has 0 aliphatic heterocycles. The summed E-state index contributed by atoms with van der Waals surface area (Å²) < 4.78 is 0.612. The second-order valence-electron chi connectivity index (χ2n) is 7.35. The molecule has 8 heteroatoms. The third kappa shape index (κ3) is 5.85. The number of carbonyl (C=O) groups excluding carboxylic acids is 2. The van der Waals surface area contributed by atoms with Crippen LogP contribution in [-0.2, 0) is 4.79 Å². The number of nitrogens with zero attached hydrogens (tertiary/aromatic N) is 2. The molecule has 1 aromatic heterocycles. The number of aryl methyl sites for hydroxylation is 1. The van der Waals surface area contributed by atoms with Crippen molar-refractivity contribution in [2.75, 3.05) is 16.4 Å². The number of anilines is 2. The zero-order valence-electron chi connectivity index (χ0n) is 18.2. The van der Waals surface area contributed by atoms with E-state index in [2.05, 4.69) is 20.8 Å². The van der Waals surface area contributed by atoms with Crippen LogP contribution in [0.25, 0.3) is 11.1 Å². The maximum absolute atomic E-state index is 12.6. The van der Waals surface area contributed by atoms with Gasteiger partial charge in [0.25, 0.3) is 5.91 Å². The van der Waals surface area contributed by atoms with Gasteiger partial charge in [0.05, 0.1) is 5.75 Å². The average Bonchev–Trinajstić information content (AvgIpc) is 3.28. The highest BCUT2D eigenvalue weighted by Gasteiger charge is 2.13. The molecule has 0 aliphatic rings. The van der Waals surface area contributed by atoms with E-state index in [-0.39, 0.29) is 17.6 Å². The van der Waals surface area contributed by atoms with Crippen LogP contribution in [0.15, 0.2) is 77.1 Å². The van der Waals surface area contributed by atoms with Crippen molar-refractivity contribution in [1.82, 2.24) is 10.2 Å². The molecule has 0 bridgehead atoms. The van der Waals surface area contributed by atoms with E-state index in [1.807, 2.05) is 74.5 Å². The number of amides is 2. The summed E-state index contributed by atoms with van der Waals surface area (Å²) in [4.78, 5) is 24.9. The molecule has 4 aromatic rings. The van der Waals surface area contributed by atoms with Gasteiger partial charge in [0.2, 0.25) is 11.0 Å². The second kappa shape index (κ2) is 10.4. The Morgan fingerprint density at radius 3 is 2.33 bits per heavy atom. The van der Waals surface area contributed by atoms with E-state index in [4.69, 9.17) is 0 Å². The number of aromatic nitrogens is 2. The van der Waals surface area contributed by atoms with Crippen LogP contribution in [0.5, 0.6) is 0 Å². The molecule has 0 radical (unpaired) electrons. The van der Waals surface area contributed by atoms with Crippen LogP contribution in [-0.4, -0.2) is 27.8 Å². The molecule has 0 saturated heterocycles. The van der Waals surface area contributed by atoms with Crippen LogP contribution in [0.3, 0.4) is 0 Å². The minimum absolute atomic E-state index is 0.118. The molecule has 6 nitrogen and oxygen atoms in total. The summed E-state index contributed by atoms with van der Waals surface area (Å²) in [5.41, 5.74) is 5.65. The number of nitrogens with one attached hydrogen (secondary N) is 2. The molecule has 0 fully saturated rings. The van der Waals surface area contributed by atoms with Crippen LogP contribution in [0.2, 0.25) is 0 Å². The van der Waals surface area contributed by atoms with Crippen LogP contribution < -0.4 is 10.6 Å². The number of hydrogen-bond donors (Lipinski definition) is 2. The van der Waals surface area contributed by atoms with Crippen LogP contribution in [0, 0.1) is 13.8 Å². The fourth-order valence-electron chi connectivity index (χ4n) is 3.13. The van der Waals surface area contributed by atoms with Crippen LogP contribution in [0.1, 0.15) is 21.5 Å². The van der Waals surface area contributed by atoms with Crippen molar-refractivity contribution in [1.29, 1.82) is 0 Å². The third-order valence-corrected chi connectivity index (χ3v) is 7.06. The average molecular weight is 475 g/mol. The predicted molar refractivity (Wildman–Crippen MR) is 135 cm³/mol. The van der Waals surface area contributed by atoms with Gasteiger partial charge in [-0.05, 0) is 54.3 Å². The Labute approximate surface area is 200 Å². The van der Waals surface area contributed by atoms with Gasteiger partial charge in [-0.2, -0.15) is 0 Å². The van der Waals surface area contributed by atoms with E-state index in [0.717, 1.165) is 27.9 Å². The molecule has 166 valence electrons. The first-order valence-electron chi connectivity index (χ1n) is 10.3. The maximum atomic E-state index is 12.6. The molecule has 0 atom stereocenters. The molecule has 3 aromatic carbocycles. The first-order chi connectivity index (χ1) is 16.0. The van der Waals surface area contributed by atoms with E-state index in [1.54, 1.807) is 12.1 Å². The number of hydrogen-bond acceptors (Lipinski definition) is 6. The largest absolute Gasteiger partial charge is 0.325 e. The quantitative estimate of drug-likeness (QED) is 0.261. The molecule has 0 spiro atoms. The lowest BCUT2D eigenvalue weighted by molar-refractivity contribution is -0.113. The van der Waals surface area contributed by atoms with Crippen molar-refractivity contribution in [2.45, 2.75) is 18.2 Å². The standard InChI is InChI=1S/C25H22N4O2S2/c1-16-7-6-10-21(17(16)2)26-22(30)15-32-25-29-28-24(33-25)27-23(31)20-13-11-19(12-14-20)18-8-4-3-5-9-18/h3-14H,15H2,1-2H3,(H,26,30)(H,27,28,31). The molecular formula is C25H22N4O2S2. The first-order valence-corrected chi connectivity index (χ1v) is 12.1. The maximum Gasteiger partial charge on any atom is 0.257 e. The fraction of sp³-hybridized carbons (Fsp3) is 0.120. The normalized spacial score (nSPS) is 10.6. The van der Waals surface area contributed by atoms with Gasteiger partial charge in [0, 0.05) is 11.3 Å². The van der Waals surface area contributed by atoms with Gasteiger partial charge in [0.15, 0.2) is 4.34 Å². The van der Waals surface area contributed by atoms with Gasteiger partial charge in [-0.3, -0.25) is 14.9 Å². The molecular weight excluding hydrogens is 452 g/mol. The van der Waals surface area contributed by atoms with E-state index in [9.17, 15) is 9.59 Å². The highest BCUT2D eigenvalue weighted by Crippen LogP contribution is 2.27. The highest BCUT2D eigenvalue weighted by atomic mass is 32.2. The minimum atomic E-state index is -0.255. The lowest BCUT2D eigenvalue weighted by Gasteiger charge is -2.09. The van der Waals surface area contributed by atoms with Gasteiger partial charge in [-0.25, -0.2) is 0 Å². The third-order valence-electron chi connectivity index (χ3n) is 5.09. The minimum Gasteiger partial charge on any atom is -0.325 e. The molecule has 2 amide bonds. The van der Waals surface area contributed by atoms with Crippen molar-refractivity contribution >= 4 is 45.7 Å². The van der Waals surface area contributed by atoms with Crippen molar-refractivity contribution < 1.29 is 9.59 Å². The Kier molecular flexibility index (Phi) is 7.16. The van der Waals surface area contributed by atoms with E-state index in [1.165, 1.54) is 23.1 Å². The van der Waals surface area contributed by atoms with Gasteiger partial charge >= 0.3 is 0 Å². The van der Waals surface area contributed by atoms with Crippen molar-refractivity contribution in [3.05, 3.63) is 89.5 Å². The summed E-state index contributed by atoms with van der Waals surface area (Å²) in [5, 5.41) is 14.2. The van der Waals surface area contributed by atoms with Gasteiger partial charge in [-0.15, -0.1) is 10.2 Å². The second-order valence-corrected chi connectivity index (χ2v) is 9.55. The Hall–Kier alpha value is -3.49. The Morgan fingerprint density at radius 1 is 0.848 bits per heavy atom. The summed E-state index contributed by atoms with van der Waals surface area (Å²) >= 11 is 2.52. The molecule has 4 rings (SSSR count). The summed E-state index contributed by atoms with van der Waals surface area (Å²) in [6.07, 6.45) is 0. The summed E-state index contributed by atoms with van der Waals surface area (Å²) in [6, 6.07) is 23.2. The van der Waals surface area contributed by atoms with Gasteiger partial charge in [-0.1, -0.05) is 77.7 Å². The molecule has 33 heavy (non-hydrogen) atoms. The Balaban J connectivity index is 1.30. The van der Waals surface area contributed by atoms with E-state index in [0.29, 0.717) is 15.0 Å². The molecule has 1 heterocycles. The Morgan fingerprint density at radius 2 is 1.58 bits per heavy atom. The molecule has 2 N–H and O–H groups in total. The van der Waals surface area contributed by atoms with Gasteiger partial charge < -0.3 is 5.32 Å². The Bertz CT molecular complexity index is 1270. The molecule has 0 unspecified atom stereocenters. The number of rotatable bonds is 7. The van der Waals surface area contributed by atoms with Crippen molar-refractivity contribution in [3.8, 4) is 11.1 Å². The van der Waals surface area contributed by atoms with Crippen LogP contribution in [0.4, 0.5) is 10.8 Å². The summed E-state index contributed by atoms with van der Waals surface area (Å²) in [5.74, 6) is -0.167. The molecule has 0 saturated carbocycles. The highest BCUT2D eigenvalue weighted by molar-refractivity contribution is 8.01. The first kappa shape index (κ1) is 22.7. The summed E-state index contributed by atoms with van der Waals surface area (Å²) in [6.45, 7) is 3.99. The zero-order valence-corrected chi connectivity index (χ0v) is 19.8. The smallest absolute Gasteiger partial charge is 0.257 e. The number of thioether (sulfide) groups is 1. The predicted octanol–water partition coefficient (Wildman–Crippen LogP) is 5.81. The topological polar surface area (TPSA) is 84.0 Å². The van der Waals surface area contributed by atoms with E-state index >= 15 is 0 Å². The van der Waals surface area contributed by atoms with Gasteiger partial charge in [0.1, 0.15) is 0 Å².